The molecule has 3 nitrogen and oxygen atoms in total. The van der Waals surface area contributed by atoms with E-state index >= 15 is 0 Å². The number of carbonyl (C=O) groups excluding carboxylic acids is 1. The van der Waals surface area contributed by atoms with Gasteiger partial charge >= 0.3 is 0 Å². The molecule has 1 amide bonds. The Morgan fingerprint density at radius 1 is 1.19 bits per heavy atom. The Kier molecular flexibility index (Phi) is 3.71. The molecule has 21 heavy (non-hydrogen) atoms. The van der Waals surface area contributed by atoms with Crippen LogP contribution in [0.5, 0.6) is 0 Å². The van der Waals surface area contributed by atoms with Crippen molar-refractivity contribution in [1.82, 2.24) is 4.90 Å². The highest BCUT2D eigenvalue weighted by Crippen LogP contribution is 2.21. The molecule has 0 fully saturated rings. The maximum Gasteiger partial charge on any atom is 0.254 e. The Hall–Kier alpha value is -2.20. The van der Waals surface area contributed by atoms with Crippen molar-refractivity contribution < 1.29 is 9.18 Å². The molecule has 0 saturated heterocycles. The molecule has 1 heterocycles. The first-order valence-corrected chi connectivity index (χ1v) is 7.03. The number of nitrogens with zero attached hydrogens (tertiary/aromatic N) is 1. The zero-order valence-corrected chi connectivity index (χ0v) is 11.7. The first-order chi connectivity index (χ1) is 10.2. The van der Waals surface area contributed by atoms with E-state index in [9.17, 15) is 9.18 Å². The topological polar surface area (TPSA) is 46.3 Å². The van der Waals surface area contributed by atoms with Crippen molar-refractivity contribution in [2.24, 2.45) is 5.73 Å². The predicted molar refractivity (Wildman–Crippen MR) is 79.2 cm³/mol. The molecule has 3 rings (SSSR count). The minimum Gasteiger partial charge on any atom is -0.334 e. The number of hydrogen-bond donors (Lipinski definition) is 1. The Morgan fingerprint density at radius 3 is 2.76 bits per heavy atom. The van der Waals surface area contributed by atoms with E-state index < -0.39 is 0 Å². The van der Waals surface area contributed by atoms with Gasteiger partial charge in [-0.2, -0.15) is 0 Å². The van der Waals surface area contributed by atoms with Gasteiger partial charge in [-0.1, -0.05) is 30.3 Å². The summed E-state index contributed by atoms with van der Waals surface area (Å²) in [7, 11) is 0. The van der Waals surface area contributed by atoms with E-state index in [0.29, 0.717) is 25.2 Å². The zero-order valence-electron chi connectivity index (χ0n) is 11.7. The highest BCUT2D eigenvalue weighted by Gasteiger charge is 2.24. The molecule has 2 aromatic carbocycles. The van der Waals surface area contributed by atoms with Gasteiger partial charge in [0.1, 0.15) is 5.82 Å². The summed E-state index contributed by atoms with van der Waals surface area (Å²) in [6, 6.07) is 12.6. The predicted octanol–water partition coefficient (Wildman–Crippen LogP) is 2.48. The molecular weight excluding hydrogens is 267 g/mol. The van der Waals surface area contributed by atoms with Gasteiger partial charge < -0.3 is 10.6 Å². The minimum atomic E-state index is -0.301. The Balaban J connectivity index is 1.82. The Labute approximate surface area is 123 Å². The summed E-state index contributed by atoms with van der Waals surface area (Å²) >= 11 is 0. The molecule has 2 aromatic rings. The Morgan fingerprint density at radius 2 is 2.00 bits per heavy atom. The third kappa shape index (κ3) is 2.67. The number of rotatable bonds is 3. The number of benzene rings is 2. The van der Waals surface area contributed by atoms with Gasteiger partial charge in [0.05, 0.1) is 0 Å². The average molecular weight is 284 g/mol. The lowest BCUT2D eigenvalue weighted by Crippen LogP contribution is -2.37. The third-order valence-electron chi connectivity index (χ3n) is 3.90. The number of nitrogens with two attached hydrogens (primary N) is 1. The van der Waals surface area contributed by atoms with Crippen molar-refractivity contribution in [3.05, 3.63) is 70.5 Å². The van der Waals surface area contributed by atoms with Crippen molar-refractivity contribution in [2.75, 3.05) is 6.54 Å². The fourth-order valence-corrected chi connectivity index (χ4v) is 2.68. The number of halogens is 1. The molecule has 0 atom stereocenters. The van der Waals surface area contributed by atoms with Crippen LogP contribution in [0.3, 0.4) is 0 Å². The monoisotopic (exact) mass is 284 g/mol. The molecular formula is C17H17FN2O. The smallest absolute Gasteiger partial charge is 0.254 e. The van der Waals surface area contributed by atoms with Crippen LogP contribution in [0, 0.1) is 5.82 Å². The van der Waals surface area contributed by atoms with Crippen molar-refractivity contribution in [3.63, 3.8) is 0 Å². The molecule has 2 N–H and O–H groups in total. The summed E-state index contributed by atoms with van der Waals surface area (Å²) < 4.78 is 14.0. The lowest BCUT2D eigenvalue weighted by Gasteiger charge is -2.28. The van der Waals surface area contributed by atoms with E-state index in [-0.39, 0.29) is 11.7 Å². The summed E-state index contributed by atoms with van der Waals surface area (Å²) in [6.45, 7) is 1.23. The molecule has 1 aliphatic heterocycles. The lowest BCUT2D eigenvalue weighted by atomic mass is 9.98. The Bertz CT molecular complexity index is 684. The van der Waals surface area contributed by atoms with Crippen LogP contribution in [-0.4, -0.2) is 17.4 Å². The van der Waals surface area contributed by atoms with Crippen LogP contribution in [0.25, 0.3) is 0 Å². The van der Waals surface area contributed by atoms with Crippen LogP contribution in [0.4, 0.5) is 4.39 Å². The van der Waals surface area contributed by atoms with Gasteiger partial charge in [-0.3, -0.25) is 4.79 Å². The number of carbonyl (C=O) groups is 1. The highest BCUT2D eigenvalue weighted by molar-refractivity contribution is 5.96. The largest absolute Gasteiger partial charge is 0.334 e. The lowest BCUT2D eigenvalue weighted by molar-refractivity contribution is 0.0725. The van der Waals surface area contributed by atoms with Crippen LogP contribution in [-0.2, 0) is 19.5 Å². The third-order valence-corrected chi connectivity index (χ3v) is 3.90. The first kappa shape index (κ1) is 13.8. The molecule has 0 aromatic heterocycles. The fraction of sp³-hybridized carbons (Fsp3) is 0.235. The van der Waals surface area contributed by atoms with Crippen LogP contribution in [0.15, 0.2) is 42.5 Å². The second kappa shape index (κ2) is 5.66. The maximum atomic E-state index is 14.0. The highest BCUT2D eigenvalue weighted by atomic mass is 19.1. The van der Waals surface area contributed by atoms with E-state index in [4.69, 9.17) is 5.73 Å². The van der Waals surface area contributed by atoms with Gasteiger partial charge in [0.25, 0.3) is 5.91 Å². The van der Waals surface area contributed by atoms with E-state index in [1.54, 1.807) is 17.0 Å². The zero-order chi connectivity index (χ0) is 14.8. The minimum absolute atomic E-state index is 0.0286. The van der Waals surface area contributed by atoms with Crippen molar-refractivity contribution >= 4 is 5.91 Å². The summed E-state index contributed by atoms with van der Waals surface area (Å²) in [5, 5.41) is 0. The summed E-state index contributed by atoms with van der Waals surface area (Å²) in [5.74, 6) is -0.330. The van der Waals surface area contributed by atoms with E-state index in [2.05, 4.69) is 0 Å². The quantitative estimate of drug-likeness (QED) is 0.941. The van der Waals surface area contributed by atoms with Gasteiger partial charge in [-0.25, -0.2) is 4.39 Å². The molecule has 4 heteroatoms. The standard InChI is InChI=1S/C17H17FN2O/c18-16-9-12(10-19)5-6-14(16)11-20-8-7-13-3-1-2-4-15(13)17(20)21/h1-6,9H,7-8,10-11,19H2. The van der Waals surface area contributed by atoms with E-state index in [0.717, 1.165) is 23.1 Å². The summed E-state index contributed by atoms with van der Waals surface area (Å²) in [6.07, 6.45) is 0.810. The molecule has 108 valence electrons. The molecule has 1 aliphatic rings. The van der Waals surface area contributed by atoms with Crippen molar-refractivity contribution in [1.29, 1.82) is 0 Å². The molecule has 0 spiro atoms. The van der Waals surface area contributed by atoms with Crippen LogP contribution in [0.1, 0.15) is 27.0 Å². The second-order valence-electron chi connectivity index (χ2n) is 5.26. The fourth-order valence-electron chi connectivity index (χ4n) is 2.68. The van der Waals surface area contributed by atoms with Gasteiger partial charge in [0.2, 0.25) is 0 Å². The molecule has 0 bridgehead atoms. The summed E-state index contributed by atoms with van der Waals surface area (Å²) in [4.78, 5) is 14.1. The van der Waals surface area contributed by atoms with Crippen molar-refractivity contribution in [3.8, 4) is 0 Å². The summed E-state index contributed by atoms with van der Waals surface area (Å²) in [5.41, 5.74) is 8.57. The van der Waals surface area contributed by atoms with Gasteiger partial charge in [0.15, 0.2) is 0 Å². The second-order valence-corrected chi connectivity index (χ2v) is 5.26. The van der Waals surface area contributed by atoms with E-state index in [1.807, 2.05) is 24.3 Å². The normalized spacial score (nSPS) is 14.2. The molecule has 0 unspecified atom stereocenters. The van der Waals surface area contributed by atoms with Crippen LogP contribution in [0.2, 0.25) is 0 Å². The van der Waals surface area contributed by atoms with Crippen LogP contribution < -0.4 is 5.73 Å². The average Bonchev–Trinajstić information content (AvgIpc) is 2.52. The van der Waals surface area contributed by atoms with Crippen molar-refractivity contribution in [2.45, 2.75) is 19.5 Å². The number of hydrogen-bond acceptors (Lipinski definition) is 2. The van der Waals surface area contributed by atoms with Gasteiger partial charge in [-0.05, 0) is 29.7 Å². The molecule has 0 saturated carbocycles. The number of fused-ring (bicyclic) bond motifs is 1. The molecule has 0 radical (unpaired) electrons. The maximum absolute atomic E-state index is 14.0. The van der Waals surface area contributed by atoms with E-state index in [1.165, 1.54) is 6.07 Å². The van der Waals surface area contributed by atoms with Gasteiger partial charge in [0, 0.05) is 30.8 Å². The SMILES string of the molecule is NCc1ccc(CN2CCc3ccccc3C2=O)c(F)c1. The van der Waals surface area contributed by atoms with Gasteiger partial charge in [-0.15, -0.1) is 0 Å². The molecule has 0 aliphatic carbocycles. The van der Waals surface area contributed by atoms with Crippen LogP contribution >= 0.6 is 0 Å². The number of amides is 1. The first-order valence-electron chi connectivity index (χ1n) is 7.03.